The van der Waals surface area contributed by atoms with Gasteiger partial charge in [0.05, 0.1) is 21.2 Å². The molecule has 0 spiro atoms. The molecule has 0 aliphatic carbocycles. The summed E-state index contributed by atoms with van der Waals surface area (Å²) in [6, 6.07) is 18.9. The highest BCUT2D eigenvalue weighted by atomic mass is 79.9. The molecule has 36 heavy (non-hydrogen) atoms. The largest absolute Gasteiger partial charge is 0.456 e. The third-order valence-corrected chi connectivity index (χ3v) is 7.25. The van der Waals surface area contributed by atoms with Crippen molar-refractivity contribution in [1.82, 2.24) is 10.3 Å². The Balaban J connectivity index is 1.51. The van der Waals surface area contributed by atoms with E-state index in [0.29, 0.717) is 16.5 Å². The van der Waals surface area contributed by atoms with Crippen molar-refractivity contribution in [2.75, 3.05) is 4.72 Å². The van der Waals surface area contributed by atoms with Gasteiger partial charge in [-0.05, 0) is 82.2 Å². The number of sulfonamides is 1. The van der Waals surface area contributed by atoms with Crippen molar-refractivity contribution in [3.8, 4) is 11.5 Å². The highest BCUT2D eigenvalue weighted by molar-refractivity contribution is 9.10. The molecule has 7 nitrogen and oxygen atoms in total. The van der Waals surface area contributed by atoms with Crippen LogP contribution in [-0.2, 0) is 16.6 Å². The van der Waals surface area contributed by atoms with Crippen molar-refractivity contribution in [3.05, 3.63) is 111 Å². The van der Waals surface area contributed by atoms with E-state index in [-0.39, 0.29) is 27.7 Å². The molecule has 184 valence electrons. The van der Waals surface area contributed by atoms with Crippen LogP contribution in [0.3, 0.4) is 0 Å². The zero-order valence-electron chi connectivity index (χ0n) is 18.4. The molecule has 0 saturated heterocycles. The number of nitrogens with zero attached hydrogens (tertiary/aromatic N) is 1. The molecule has 4 aromatic rings. The van der Waals surface area contributed by atoms with Gasteiger partial charge in [0.1, 0.15) is 11.5 Å². The predicted molar refractivity (Wildman–Crippen MR) is 143 cm³/mol. The first-order chi connectivity index (χ1) is 17.2. The minimum Gasteiger partial charge on any atom is -0.456 e. The lowest BCUT2D eigenvalue weighted by Gasteiger charge is -2.14. The van der Waals surface area contributed by atoms with Gasteiger partial charge in [0.25, 0.3) is 15.9 Å². The van der Waals surface area contributed by atoms with E-state index in [1.807, 2.05) is 6.07 Å². The Morgan fingerprint density at radius 2 is 1.72 bits per heavy atom. The molecule has 3 aromatic carbocycles. The molecule has 2 N–H and O–H groups in total. The van der Waals surface area contributed by atoms with Crippen LogP contribution in [0.2, 0.25) is 10.0 Å². The maximum absolute atomic E-state index is 13.1. The minimum absolute atomic E-state index is 0.0180. The normalized spacial score (nSPS) is 11.1. The van der Waals surface area contributed by atoms with Gasteiger partial charge in [-0.1, -0.05) is 35.3 Å². The molecule has 0 aliphatic heterocycles. The van der Waals surface area contributed by atoms with Gasteiger partial charge in [-0.15, -0.1) is 0 Å². The van der Waals surface area contributed by atoms with Crippen LogP contribution in [0.4, 0.5) is 5.69 Å². The average Bonchev–Trinajstić information content (AvgIpc) is 2.85. The van der Waals surface area contributed by atoms with Crippen LogP contribution < -0.4 is 14.8 Å². The van der Waals surface area contributed by atoms with E-state index < -0.39 is 15.9 Å². The number of pyridine rings is 1. The second kappa shape index (κ2) is 11.3. The Kier molecular flexibility index (Phi) is 8.15. The zero-order valence-corrected chi connectivity index (χ0v) is 22.3. The number of nitrogens with one attached hydrogen (secondary N) is 2. The molecule has 0 saturated carbocycles. The van der Waals surface area contributed by atoms with Crippen LogP contribution in [0.1, 0.15) is 15.9 Å². The van der Waals surface area contributed by atoms with Crippen molar-refractivity contribution in [1.29, 1.82) is 0 Å². The quantitative estimate of drug-likeness (QED) is 0.233. The lowest BCUT2D eigenvalue weighted by molar-refractivity contribution is 0.0951. The summed E-state index contributed by atoms with van der Waals surface area (Å²) in [7, 11) is -4.02. The third kappa shape index (κ3) is 6.55. The summed E-state index contributed by atoms with van der Waals surface area (Å²) >= 11 is 15.5. The average molecular weight is 607 g/mol. The Morgan fingerprint density at radius 3 is 2.44 bits per heavy atom. The summed E-state index contributed by atoms with van der Waals surface area (Å²) in [6.07, 6.45) is 3.25. The monoisotopic (exact) mass is 605 g/mol. The van der Waals surface area contributed by atoms with E-state index in [0.717, 1.165) is 10.0 Å². The molecule has 0 unspecified atom stereocenters. The number of carbonyl (C=O) groups excluding carboxylic acids is 1. The molecule has 1 aromatic heterocycles. The number of hydrogen-bond donors (Lipinski definition) is 2. The summed E-state index contributed by atoms with van der Waals surface area (Å²) in [5, 5.41) is 3.47. The number of para-hydroxylation sites is 1. The Bertz CT molecular complexity index is 1520. The van der Waals surface area contributed by atoms with Crippen molar-refractivity contribution < 1.29 is 17.9 Å². The van der Waals surface area contributed by atoms with Gasteiger partial charge in [-0.2, -0.15) is 0 Å². The van der Waals surface area contributed by atoms with Crippen LogP contribution in [0.5, 0.6) is 11.5 Å². The molecule has 0 fully saturated rings. The van der Waals surface area contributed by atoms with E-state index in [9.17, 15) is 13.2 Å². The number of halogens is 3. The molecule has 1 heterocycles. The summed E-state index contributed by atoms with van der Waals surface area (Å²) in [4.78, 5) is 16.9. The topological polar surface area (TPSA) is 97.4 Å². The van der Waals surface area contributed by atoms with E-state index >= 15 is 0 Å². The second-order valence-electron chi connectivity index (χ2n) is 7.49. The molecule has 1 amide bonds. The number of anilines is 1. The standard InChI is InChI=1S/C25H18BrCl2N3O4S/c26-17-11-16(13-29-15-17)14-30-25(32)21-12-18(27)5-10-23(21)31-36(33,34)20-8-6-19(7-9-20)35-24-4-2-1-3-22(24)28/h1-13,15,31H,14H2,(H,30,32). The van der Waals surface area contributed by atoms with Gasteiger partial charge >= 0.3 is 0 Å². The first kappa shape index (κ1) is 26.0. The number of amides is 1. The van der Waals surface area contributed by atoms with E-state index in [4.69, 9.17) is 27.9 Å². The molecule has 0 bridgehead atoms. The van der Waals surface area contributed by atoms with Gasteiger partial charge < -0.3 is 10.1 Å². The first-order valence-corrected chi connectivity index (χ1v) is 13.5. The summed E-state index contributed by atoms with van der Waals surface area (Å²) in [5.41, 5.74) is 0.925. The lowest BCUT2D eigenvalue weighted by Crippen LogP contribution is -2.25. The van der Waals surface area contributed by atoms with Crippen molar-refractivity contribution in [2.45, 2.75) is 11.4 Å². The Labute approximate surface area is 226 Å². The van der Waals surface area contributed by atoms with E-state index in [2.05, 4.69) is 31.0 Å². The number of ether oxygens (including phenoxy) is 1. The van der Waals surface area contributed by atoms with Crippen LogP contribution >= 0.6 is 39.1 Å². The number of benzene rings is 3. The maximum Gasteiger partial charge on any atom is 0.261 e. The van der Waals surface area contributed by atoms with E-state index in [1.165, 1.54) is 42.5 Å². The van der Waals surface area contributed by atoms with Crippen LogP contribution in [0.25, 0.3) is 0 Å². The number of rotatable bonds is 8. The third-order valence-electron chi connectivity index (χ3n) is 4.88. The molecule has 4 rings (SSSR count). The summed E-state index contributed by atoms with van der Waals surface area (Å²) in [5.74, 6) is 0.359. The highest BCUT2D eigenvalue weighted by Crippen LogP contribution is 2.30. The van der Waals surface area contributed by atoms with Gasteiger partial charge in [0.2, 0.25) is 0 Å². The van der Waals surface area contributed by atoms with Crippen molar-refractivity contribution in [2.24, 2.45) is 0 Å². The zero-order chi connectivity index (χ0) is 25.7. The number of aromatic nitrogens is 1. The minimum atomic E-state index is -4.02. The fraction of sp³-hybridized carbons (Fsp3) is 0.0400. The molecular weight excluding hydrogens is 589 g/mol. The highest BCUT2D eigenvalue weighted by Gasteiger charge is 2.20. The number of carbonyl (C=O) groups is 1. The molecule has 11 heteroatoms. The SMILES string of the molecule is O=C(NCc1cncc(Br)c1)c1cc(Cl)ccc1NS(=O)(=O)c1ccc(Oc2ccccc2Cl)cc1. The fourth-order valence-electron chi connectivity index (χ4n) is 3.17. The molecule has 0 atom stereocenters. The smallest absolute Gasteiger partial charge is 0.261 e. The Morgan fingerprint density at radius 1 is 0.972 bits per heavy atom. The van der Waals surface area contributed by atoms with E-state index in [1.54, 1.807) is 36.7 Å². The Hall–Kier alpha value is -3.11. The van der Waals surface area contributed by atoms with Crippen molar-refractivity contribution >= 4 is 60.7 Å². The number of hydrogen-bond acceptors (Lipinski definition) is 5. The first-order valence-electron chi connectivity index (χ1n) is 10.4. The second-order valence-corrected chi connectivity index (χ2v) is 10.9. The van der Waals surface area contributed by atoms with Gasteiger partial charge in [0.15, 0.2) is 0 Å². The molecule has 0 radical (unpaired) electrons. The van der Waals surface area contributed by atoms with Gasteiger partial charge in [-0.3, -0.25) is 14.5 Å². The van der Waals surface area contributed by atoms with Crippen LogP contribution in [0, 0.1) is 0 Å². The maximum atomic E-state index is 13.1. The predicted octanol–water partition coefficient (Wildman–Crippen LogP) is 6.67. The van der Waals surface area contributed by atoms with Crippen molar-refractivity contribution in [3.63, 3.8) is 0 Å². The fourth-order valence-corrected chi connectivity index (χ4v) is 5.01. The summed E-state index contributed by atoms with van der Waals surface area (Å²) < 4.78 is 35.0. The lowest BCUT2D eigenvalue weighted by atomic mass is 10.1. The van der Waals surface area contributed by atoms with Gasteiger partial charge in [0, 0.05) is 28.4 Å². The summed E-state index contributed by atoms with van der Waals surface area (Å²) in [6.45, 7) is 0.191. The van der Waals surface area contributed by atoms with Crippen LogP contribution in [0.15, 0.2) is 94.6 Å². The molecule has 0 aliphatic rings. The van der Waals surface area contributed by atoms with Gasteiger partial charge in [-0.25, -0.2) is 8.42 Å². The van der Waals surface area contributed by atoms with Crippen LogP contribution in [-0.4, -0.2) is 19.3 Å². The molecular formula is C25H18BrCl2N3O4S.